The van der Waals surface area contributed by atoms with Gasteiger partial charge in [-0.2, -0.15) is 0 Å². The van der Waals surface area contributed by atoms with Crippen molar-refractivity contribution >= 4 is 12.0 Å². The number of carbonyl (C=O) groups is 1. The van der Waals surface area contributed by atoms with Crippen molar-refractivity contribution in [3.63, 3.8) is 0 Å². The third-order valence-corrected chi connectivity index (χ3v) is 4.01. The van der Waals surface area contributed by atoms with Crippen LogP contribution >= 0.6 is 0 Å². The fraction of sp³-hybridized carbons (Fsp3) is 0.438. The van der Waals surface area contributed by atoms with Crippen LogP contribution in [0.25, 0.3) is 6.08 Å². The van der Waals surface area contributed by atoms with E-state index in [9.17, 15) is 4.79 Å². The van der Waals surface area contributed by atoms with Crippen molar-refractivity contribution in [3.05, 3.63) is 42.0 Å². The standard InChI is InChI=1S/C16H20O2/c1-16(2)13(14(16)15(17)18-3)11-7-10-12-8-5-4-6-9-12/h4-10,13-14H,11H2,1-3H3/b10-7+/t13-,14+/m0/s1. The van der Waals surface area contributed by atoms with E-state index in [0.717, 1.165) is 6.42 Å². The summed E-state index contributed by atoms with van der Waals surface area (Å²) in [6.07, 6.45) is 5.20. The van der Waals surface area contributed by atoms with Gasteiger partial charge in [0.1, 0.15) is 0 Å². The van der Waals surface area contributed by atoms with Crippen LogP contribution < -0.4 is 0 Å². The number of rotatable bonds is 4. The molecule has 0 unspecified atom stereocenters. The maximum absolute atomic E-state index is 11.6. The lowest BCUT2D eigenvalue weighted by Gasteiger charge is -1.99. The number of hydrogen-bond acceptors (Lipinski definition) is 2. The second-order valence-corrected chi connectivity index (χ2v) is 5.48. The number of allylic oxidation sites excluding steroid dienone is 1. The van der Waals surface area contributed by atoms with Gasteiger partial charge >= 0.3 is 5.97 Å². The van der Waals surface area contributed by atoms with Gasteiger partial charge in [-0.05, 0) is 23.3 Å². The highest BCUT2D eigenvalue weighted by Gasteiger charge is 2.61. The van der Waals surface area contributed by atoms with Crippen LogP contribution in [0.15, 0.2) is 36.4 Å². The summed E-state index contributed by atoms with van der Waals surface area (Å²) in [4.78, 5) is 11.6. The minimum atomic E-state index is -0.0712. The number of benzene rings is 1. The van der Waals surface area contributed by atoms with Crippen molar-refractivity contribution in [2.75, 3.05) is 7.11 Å². The summed E-state index contributed by atoms with van der Waals surface area (Å²) in [5, 5.41) is 0. The SMILES string of the molecule is COC(=O)[C@H]1[C@H](C/C=C/c2ccccc2)C1(C)C. The first-order valence-corrected chi connectivity index (χ1v) is 6.37. The highest BCUT2D eigenvalue weighted by Crippen LogP contribution is 2.60. The minimum absolute atomic E-state index is 0.0583. The van der Waals surface area contributed by atoms with Crippen molar-refractivity contribution in [1.82, 2.24) is 0 Å². The summed E-state index contributed by atoms with van der Waals surface area (Å²) < 4.78 is 4.84. The zero-order valence-corrected chi connectivity index (χ0v) is 11.2. The smallest absolute Gasteiger partial charge is 0.309 e. The zero-order chi connectivity index (χ0) is 13.2. The lowest BCUT2D eigenvalue weighted by molar-refractivity contribution is -0.143. The fourth-order valence-electron chi connectivity index (χ4n) is 2.69. The van der Waals surface area contributed by atoms with E-state index in [1.165, 1.54) is 12.7 Å². The maximum Gasteiger partial charge on any atom is 0.309 e. The molecule has 2 nitrogen and oxygen atoms in total. The molecule has 0 amide bonds. The van der Waals surface area contributed by atoms with Gasteiger partial charge < -0.3 is 4.74 Å². The second-order valence-electron chi connectivity index (χ2n) is 5.48. The monoisotopic (exact) mass is 244 g/mol. The van der Waals surface area contributed by atoms with E-state index in [0.29, 0.717) is 5.92 Å². The molecule has 1 aliphatic carbocycles. The summed E-state index contributed by atoms with van der Waals surface area (Å²) >= 11 is 0. The minimum Gasteiger partial charge on any atom is -0.469 e. The molecule has 0 spiro atoms. The van der Waals surface area contributed by atoms with Gasteiger partial charge in [-0.3, -0.25) is 4.79 Å². The summed E-state index contributed by atoms with van der Waals surface area (Å²) in [5.74, 6) is 0.394. The first-order valence-electron chi connectivity index (χ1n) is 6.37. The Labute approximate surface area is 109 Å². The Balaban J connectivity index is 1.92. The van der Waals surface area contributed by atoms with Gasteiger partial charge in [-0.25, -0.2) is 0 Å². The predicted octanol–water partition coefficient (Wildman–Crippen LogP) is 3.54. The van der Waals surface area contributed by atoms with Gasteiger partial charge in [0.25, 0.3) is 0 Å². The molecule has 1 aliphatic rings. The van der Waals surface area contributed by atoms with Crippen molar-refractivity contribution < 1.29 is 9.53 Å². The topological polar surface area (TPSA) is 26.3 Å². The van der Waals surface area contributed by atoms with Gasteiger partial charge in [0.2, 0.25) is 0 Å². The Morgan fingerprint density at radius 2 is 2.00 bits per heavy atom. The zero-order valence-electron chi connectivity index (χ0n) is 11.2. The molecule has 1 aromatic rings. The van der Waals surface area contributed by atoms with E-state index < -0.39 is 0 Å². The summed E-state index contributed by atoms with van der Waals surface area (Å²) in [7, 11) is 1.47. The van der Waals surface area contributed by atoms with E-state index in [1.54, 1.807) is 0 Å². The molecule has 96 valence electrons. The normalized spacial score (nSPS) is 25.1. The molecular formula is C16H20O2. The number of esters is 1. The molecule has 18 heavy (non-hydrogen) atoms. The molecule has 0 radical (unpaired) electrons. The van der Waals surface area contributed by atoms with Crippen LogP contribution in [0.1, 0.15) is 25.8 Å². The highest BCUT2D eigenvalue weighted by molar-refractivity contribution is 5.77. The third kappa shape index (κ3) is 2.47. The van der Waals surface area contributed by atoms with Crippen LogP contribution in [0.4, 0.5) is 0 Å². The van der Waals surface area contributed by atoms with E-state index in [2.05, 4.69) is 38.1 Å². The van der Waals surface area contributed by atoms with Crippen molar-refractivity contribution in [2.45, 2.75) is 20.3 Å². The Kier molecular flexibility index (Phi) is 3.55. The summed E-state index contributed by atoms with van der Waals surface area (Å²) in [6, 6.07) is 10.2. The molecule has 1 fully saturated rings. The van der Waals surface area contributed by atoms with Crippen LogP contribution in [0.3, 0.4) is 0 Å². The molecule has 0 saturated heterocycles. The lowest BCUT2D eigenvalue weighted by atomic mass is 10.1. The Morgan fingerprint density at radius 3 is 2.61 bits per heavy atom. The van der Waals surface area contributed by atoms with Crippen LogP contribution in [0.5, 0.6) is 0 Å². The fourth-order valence-corrected chi connectivity index (χ4v) is 2.69. The van der Waals surface area contributed by atoms with Crippen LogP contribution in [0.2, 0.25) is 0 Å². The largest absolute Gasteiger partial charge is 0.469 e. The molecule has 1 aromatic carbocycles. The maximum atomic E-state index is 11.6. The number of hydrogen-bond donors (Lipinski definition) is 0. The van der Waals surface area contributed by atoms with Gasteiger partial charge in [0.15, 0.2) is 0 Å². The number of carbonyl (C=O) groups excluding carboxylic acids is 1. The second kappa shape index (κ2) is 4.97. The van der Waals surface area contributed by atoms with E-state index >= 15 is 0 Å². The number of ether oxygens (including phenoxy) is 1. The van der Waals surface area contributed by atoms with Gasteiger partial charge in [-0.1, -0.05) is 56.3 Å². The molecule has 2 rings (SSSR count). The van der Waals surface area contributed by atoms with Gasteiger partial charge in [0, 0.05) is 0 Å². The Hall–Kier alpha value is -1.57. The van der Waals surface area contributed by atoms with E-state index in [1.807, 2.05) is 18.2 Å². The third-order valence-electron chi connectivity index (χ3n) is 4.01. The first kappa shape index (κ1) is 12.9. The van der Waals surface area contributed by atoms with Crippen LogP contribution in [-0.2, 0) is 9.53 Å². The highest BCUT2D eigenvalue weighted by atomic mass is 16.5. The molecule has 1 saturated carbocycles. The van der Waals surface area contributed by atoms with Crippen molar-refractivity contribution in [2.24, 2.45) is 17.3 Å². The summed E-state index contributed by atoms with van der Waals surface area (Å²) in [5.41, 5.74) is 1.28. The average Bonchev–Trinajstić information content (AvgIpc) is 2.92. The van der Waals surface area contributed by atoms with Crippen molar-refractivity contribution in [3.8, 4) is 0 Å². The quantitative estimate of drug-likeness (QED) is 0.757. The molecule has 0 aromatic heterocycles. The molecule has 0 N–H and O–H groups in total. The van der Waals surface area contributed by atoms with Crippen LogP contribution in [0, 0.1) is 17.3 Å². The van der Waals surface area contributed by atoms with Gasteiger partial charge in [-0.15, -0.1) is 0 Å². The van der Waals surface area contributed by atoms with Crippen LogP contribution in [-0.4, -0.2) is 13.1 Å². The molecule has 0 heterocycles. The van der Waals surface area contributed by atoms with Crippen molar-refractivity contribution in [1.29, 1.82) is 0 Å². The lowest BCUT2D eigenvalue weighted by Crippen LogP contribution is -2.07. The number of methoxy groups -OCH3 is 1. The Morgan fingerprint density at radius 1 is 1.33 bits per heavy atom. The Bertz CT molecular complexity index is 445. The van der Waals surface area contributed by atoms with E-state index in [-0.39, 0.29) is 17.3 Å². The van der Waals surface area contributed by atoms with Gasteiger partial charge in [0.05, 0.1) is 13.0 Å². The molecule has 2 heteroatoms. The molecule has 0 aliphatic heterocycles. The predicted molar refractivity (Wildman–Crippen MR) is 72.9 cm³/mol. The van der Waals surface area contributed by atoms with E-state index in [4.69, 9.17) is 4.74 Å². The average molecular weight is 244 g/mol. The molecule has 2 atom stereocenters. The summed E-state index contributed by atoms with van der Waals surface area (Å²) in [6.45, 7) is 4.27. The molecule has 0 bridgehead atoms. The first-order chi connectivity index (χ1) is 8.57. The molecular weight excluding hydrogens is 224 g/mol.